The number of ketones is 1. The second-order valence-corrected chi connectivity index (χ2v) is 4.66. The molecule has 1 amide bonds. The summed E-state index contributed by atoms with van der Waals surface area (Å²) in [6.07, 6.45) is 0.876. The summed E-state index contributed by atoms with van der Waals surface area (Å²) in [5.41, 5.74) is 0.912. The maximum Gasteiger partial charge on any atom is 0.296 e. The van der Waals surface area contributed by atoms with Gasteiger partial charge in [-0.25, -0.2) is 0 Å². The quantitative estimate of drug-likeness (QED) is 0.516. The molecule has 2 rings (SSSR count). The Hall–Kier alpha value is -2.59. The average Bonchev–Trinajstić information content (AvgIpc) is 2.48. The van der Waals surface area contributed by atoms with E-state index >= 15 is 0 Å². The summed E-state index contributed by atoms with van der Waals surface area (Å²) in [6, 6.07) is 14.9. The number of aliphatic hydroxyl groups excluding tert-OH is 1. The van der Waals surface area contributed by atoms with Gasteiger partial charge in [0.2, 0.25) is 5.78 Å². The van der Waals surface area contributed by atoms with Crippen LogP contribution in [0.3, 0.4) is 0 Å². The Morgan fingerprint density at radius 1 is 1.00 bits per heavy atom. The van der Waals surface area contributed by atoms with E-state index in [1.54, 1.807) is 54.6 Å². The van der Waals surface area contributed by atoms with E-state index in [0.717, 1.165) is 6.08 Å². The first kappa shape index (κ1) is 14.8. The molecule has 21 heavy (non-hydrogen) atoms. The zero-order chi connectivity index (χ0) is 15.2. The molecule has 0 bridgehead atoms. The van der Waals surface area contributed by atoms with Crippen LogP contribution >= 0.6 is 11.6 Å². The first-order valence-corrected chi connectivity index (χ1v) is 6.51. The summed E-state index contributed by atoms with van der Waals surface area (Å²) >= 11 is 5.73. The minimum absolute atomic E-state index is 0.292. The molecular formula is C16H12ClNO3. The number of para-hydroxylation sites is 1. The molecule has 0 heterocycles. The lowest BCUT2D eigenvalue weighted by atomic mass is 10.1. The van der Waals surface area contributed by atoms with Gasteiger partial charge in [0.15, 0.2) is 0 Å². The van der Waals surface area contributed by atoms with Gasteiger partial charge in [0.25, 0.3) is 5.91 Å². The summed E-state index contributed by atoms with van der Waals surface area (Å²) in [4.78, 5) is 23.4. The number of hydrogen-bond donors (Lipinski definition) is 2. The number of halogens is 1. The van der Waals surface area contributed by atoms with Crippen molar-refractivity contribution in [3.63, 3.8) is 0 Å². The monoisotopic (exact) mass is 301 g/mol. The van der Waals surface area contributed by atoms with Crippen molar-refractivity contribution in [1.29, 1.82) is 0 Å². The molecule has 0 atom stereocenters. The summed E-state index contributed by atoms with van der Waals surface area (Å²) in [6.45, 7) is 0. The van der Waals surface area contributed by atoms with Crippen LogP contribution in [0.2, 0.25) is 5.02 Å². The van der Waals surface area contributed by atoms with Crippen LogP contribution in [-0.2, 0) is 9.59 Å². The third kappa shape index (κ3) is 4.19. The first-order chi connectivity index (χ1) is 10.1. The molecule has 0 aliphatic heterocycles. The zero-order valence-corrected chi connectivity index (χ0v) is 11.7. The van der Waals surface area contributed by atoms with E-state index in [9.17, 15) is 14.7 Å². The molecule has 2 aromatic rings. The highest BCUT2D eigenvalue weighted by atomic mass is 35.5. The van der Waals surface area contributed by atoms with Crippen LogP contribution in [-0.4, -0.2) is 16.8 Å². The molecule has 0 saturated heterocycles. The van der Waals surface area contributed by atoms with Gasteiger partial charge in [-0.05, 0) is 36.4 Å². The van der Waals surface area contributed by atoms with Crippen LogP contribution < -0.4 is 5.32 Å². The molecular weight excluding hydrogens is 290 g/mol. The number of anilines is 1. The fraction of sp³-hybridized carbons (Fsp3) is 0. The molecule has 0 aromatic heterocycles. The number of carbonyl (C=O) groups excluding carboxylic acids is 2. The molecule has 5 heteroatoms. The topological polar surface area (TPSA) is 66.4 Å². The lowest BCUT2D eigenvalue weighted by molar-refractivity contribution is -0.131. The lowest BCUT2D eigenvalue weighted by Gasteiger charge is -2.03. The van der Waals surface area contributed by atoms with Crippen molar-refractivity contribution in [3.8, 4) is 0 Å². The van der Waals surface area contributed by atoms with E-state index in [1.165, 1.54) is 0 Å². The van der Waals surface area contributed by atoms with Gasteiger partial charge >= 0.3 is 0 Å². The van der Waals surface area contributed by atoms with Crippen LogP contribution in [0, 0.1) is 0 Å². The first-order valence-electron chi connectivity index (χ1n) is 6.13. The molecule has 0 saturated carbocycles. The number of nitrogens with one attached hydrogen (secondary N) is 1. The fourth-order valence-corrected chi connectivity index (χ4v) is 1.73. The number of amides is 1. The second-order valence-electron chi connectivity index (χ2n) is 4.22. The number of aliphatic hydroxyl groups is 1. The van der Waals surface area contributed by atoms with Crippen molar-refractivity contribution in [3.05, 3.63) is 71.3 Å². The number of benzene rings is 2. The van der Waals surface area contributed by atoms with Crippen molar-refractivity contribution in [1.82, 2.24) is 0 Å². The number of carbonyl (C=O) groups is 2. The van der Waals surface area contributed by atoms with Gasteiger partial charge in [-0.1, -0.05) is 29.8 Å². The van der Waals surface area contributed by atoms with E-state index in [0.29, 0.717) is 16.3 Å². The number of hydrogen-bond acceptors (Lipinski definition) is 3. The molecule has 0 unspecified atom stereocenters. The van der Waals surface area contributed by atoms with Crippen LogP contribution in [0.15, 0.2) is 60.7 Å². The van der Waals surface area contributed by atoms with Crippen LogP contribution in [0.1, 0.15) is 5.56 Å². The van der Waals surface area contributed by atoms with Crippen LogP contribution in [0.5, 0.6) is 0 Å². The standard InChI is InChI=1S/C16H12ClNO3/c17-12-8-6-11(7-9-12)14(19)10-15(20)16(21)18-13-4-2-1-3-5-13/h1-10,19H,(H,18,21)/b14-10-. The van der Waals surface area contributed by atoms with E-state index in [-0.39, 0.29) is 5.76 Å². The normalized spacial score (nSPS) is 11.0. The maximum absolute atomic E-state index is 11.7. The van der Waals surface area contributed by atoms with Gasteiger partial charge in [-0.3, -0.25) is 9.59 Å². The minimum atomic E-state index is -0.841. The second kappa shape index (κ2) is 6.72. The van der Waals surface area contributed by atoms with Gasteiger partial charge in [0.05, 0.1) is 0 Å². The van der Waals surface area contributed by atoms with Gasteiger partial charge in [-0.15, -0.1) is 0 Å². The Labute approximate surface area is 126 Å². The largest absolute Gasteiger partial charge is 0.507 e. The van der Waals surface area contributed by atoms with Crippen LogP contribution in [0.4, 0.5) is 5.69 Å². The Morgan fingerprint density at radius 3 is 2.24 bits per heavy atom. The maximum atomic E-state index is 11.7. The van der Waals surface area contributed by atoms with E-state index < -0.39 is 11.7 Å². The highest BCUT2D eigenvalue weighted by Gasteiger charge is 2.13. The summed E-state index contributed by atoms with van der Waals surface area (Å²) < 4.78 is 0. The lowest BCUT2D eigenvalue weighted by Crippen LogP contribution is -2.21. The molecule has 2 N–H and O–H groups in total. The van der Waals surface area contributed by atoms with Crippen LogP contribution in [0.25, 0.3) is 5.76 Å². The predicted molar refractivity (Wildman–Crippen MR) is 82.1 cm³/mol. The minimum Gasteiger partial charge on any atom is -0.507 e. The summed E-state index contributed by atoms with van der Waals surface area (Å²) in [7, 11) is 0. The van der Waals surface area contributed by atoms with Gasteiger partial charge in [0.1, 0.15) is 5.76 Å². The molecule has 106 valence electrons. The average molecular weight is 302 g/mol. The molecule has 0 aliphatic carbocycles. The third-order valence-corrected chi connectivity index (χ3v) is 2.92. The van der Waals surface area contributed by atoms with Gasteiger partial charge in [-0.2, -0.15) is 0 Å². The zero-order valence-electron chi connectivity index (χ0n) is 10.9. The van der Waals surface area contributed by atoms with Crippen molar-refractivity contribution in [2.45, 2.75) is 0 Å². The summed E-state index contributed by atoms with van der Waals surface area (Å²) in [5, 5.41) is 12.8. The Balaban J connectivity index is 2.07. The van der Waals surface area contributed by atoms with E-state index in [2.05, 4.69) is 5.32 Å². The summed E-state index contributed by atoms with van der Waals surface area (Å²) in [5.74, 6) is -1.95. The van der Waals surface area contributed by atoms with Crippen molar-refractivity contribution < 1.29 is 14.7 Å². The van der Waals surface area contributed by atoms with Crippen molar-refractivity contribution >= 4 is 34.7 Å². The van der Waals surface area contributed by atoms with E-state index in [1.807, 2.05) is 0 Å². The third-order valence-electron chi connectivity index (χ3n) is 2.66. The molecule has 2 aromatic carbocycles. The highest BCUT2D eigenvalue weighted by Crippen LogP contribution is 2.15. The van der Waals surface area contributed by atoms with Crippen molar-refractivity contribution in [2.24, 2.45) is 0 Å². The predicted octanol–water partition coefficient (Wildman–Crippen LogP) is 3.45. The Bertz CT molecular complexity index is 678. The molecule has 4 nitrogen and oxygen atoms in total. The molecule has 0 aliphatic rings. The smallest absolute Gasteiger partial charge is 0.296 e. The van der Waals surface area contributed by atoms with E-state index in [4.69, 9.17) is 11.6 Å². The molecule has 0 spiro atoms. The van der Waals surface area contributed by atoms with Gasteiger partial charge < -0.3 is 10.4 Å². The Kier molecular flexibility index (Phi) is 4.74. The molecule has 0 radical (unpaired) electrons. The Morgan fingerprint density at radius 2 is 1.62 bits per heavy atom. The number of rotatable bonds is 4. The van der Waals surface area contributed by atoms with Crippen molar-refractivity contribution in [2.75, 3.05) is 5.32 Å². The fourth-order valence-electron chi connectivity index (χ4n) is 1.61. The molecule has 0 fully saturated rings. The highest BCUT2D eigenvalue weighted by molar-refractivity contribution is 6.45. The SMILES string of the molecule is O=C(/C=C(\O)c1ccc(Cl)cc1)C(=O)Nc1ccccc1. The van der Waals surface area contributed by atoms with Gasteiger partial charge in [0, 0.05) is 22.3 Å².